The predicted molar refractivity (Wildman–Crippen MR) is 84.4 cm³/mol. The summed E-state index contributed by atoms with van der Waals surface area (Å²) in [5.74, 6) is -0.0235. The molecule has 0 bridgehead atoms. The van der Waals surface area contributed by atoms with Gasteiger partial charge in [-0.2, -0.15) is 0 Å². The zero-order valence-electron chi connectivity index (χ0n) is 14.0. The summed E-state index contributed by atoms with van der Waals surface area (Å²) < 4.78 is 5.52. The van der Waals surface area contributed by atoms with Gasteiger partial charge in [-0.1, -0.05) is 0 Å². The molecule has 2 amide bonds. The van der Waals surface area contributed by atoms with E-state index >= 15 is 0 Å². The topological polar surface area (TPSA) is 75.9 Å². The molecule has 2 N–H and O–H groups in total. The van der Waals surface area contributed by atoms with Gasteiger partial charge in [-0.25, -0.2) is 4.79 Å². The third kappa shape index (κ3) is 4.60. The highest BCUT2D eigenvalue weighted by atomic mass is 16.6. The molecule has 0 aromatic heterocycles. The lowest BCUT2D eigenvalue weighted by atomic mass is 10.0. The van der Waals surface area contributed by atoms with Crippen molar-refractivity contribution in [1.29, 1.82) is 0 Å². The van der Waals surface area contributed by atoms with E-state index in [9.17, 15) is 9.59 Å². The van der Waals surface area contributed by atoms with Gasteiger partial charge >= 0.3 is 6.09 Å². The summed E-state index contributed by atoms with van der Waals surface area (Å²) in [5.41, 5.74) is 5.02. The summed E-state index contributed by atoms with van der Waals surface area (Å²) in [5, 5.41) is 0. The van der Waals surface area contributed by atoms with E-state index in [1.165, 1.54) is 0 Å². The number of carbonyl (C=O) groups is 2. The van der Waals surface area contributed by atoms with Crippen LogP contribution >= 0.6 is 0 Å². The van der Waals surface area contributed by atoms with Crippen molar-refractivity contribution in [3.8, 4) is 0 Å². The molecule has 1 atom stereocenters. The highest BCUT2D eigenvalue weighted by molar-refractivity contribution is 5.78. The third-order valence-electron chi connectivity index (χ3n) is 4.15. The molecule has 1 heterocycles. The summed E-state index contributed by atoms with van der Waals surface area (Å²) in [6.07, 6.45) is 4.82. The maximum absolute atomic E-state index is 12.4. The van der Waals surface area contributed by atoms with Gasteiger partial charge in [0.15, 0.2) is 0 Å². The van der Waals surface area contributed by atoms with E-state index in [1.807, 2.05) is 30.6 Å². The first kappa shape index (κ1) is 17.1. The summed E-state index contributed by atoms with van der Waals surface area (Å²) in [6.45, 7) is 6.97. The lowest BCUT2D eigenvalue weighted by Crippen LogP contribution is -2.53. The maximum atomic E-state index is 12.4. The third-order valence-corrected chi connectivity index (χ3v) is 4.15. The Hall–Kier alpha value is -1.30. The SMILES string of the molecule is CC(C)(C)OC(=O)N(CC1CCCCN1C(=O)CN)C1CC1. The molecule has 1 unspecified atom stereocenters. The Morgan fingerprint density at radius 1 is 1.23 bits per heavy atom. The average molecular weight is 311 g/mol. The average Bonchev–Trinajstić information content (AvgIpc) is 3.26. The maximum Gasteiger partial charge on any atom is 0.410 e. The van der Waals surface area contributed by atoms with Gasteiger partial charge in [0, 0.05) is 25.2 Å². The van der Waals surface area contributed by atoms with Gasteiger partial charge in [0.05, 0.1) is 6.54 Å². The van der Waals surface area contributed by atoms with Crippen LogP contribution in [0.3, 0.4) is 0 Å². The Kier molecular flexibility index (Phi) is 5.32. The van der Waals surface area contributed by atoms with Crippen LogP contribution in [0.25, 0.3) is 0 Å². The van der Waals surface area contributed by atoms with Gasteiger partial charge in [0.1, 0.15) is 5.60 Å². The van der Waals surface area contributed by atoms with Crippen molar-refractivity contribution < 1.29 is 14.3 Å². The van der Waals surface area contributed by atoms with Crippen LogP contribution in [0.2, 0.25) is 0 Å². The monoisotopic (exact) mass is 311 g/mol. The van der Waals surface area contributed by atoms with Crippen LogP contribution in [0.5, 0.6) is 0 Å². The number of amides is 2. The zero-order valence-corrected chi connectivity index (χ0v) is 14.0. The Morgan fingerprint density at radius 2 is 1.91 bits per heavy atom. The van der Waals surface area contributed by atoms with E-state index in [2.05, 4.69) is 0 Å². The molecule has 6 heteroatoms. The van der Waals surface area contributed by atoms with Crippen LogP contribution in [-0.2, 0) is 9.53 Å². The minimum atomic E-state index is -0.496. The van der Waals surface area contributed by atoms with Crippen molar-refractivity contribution in [1.82, 2.24) is 9.80 Å². The minimum Gasteiger partial charge on any atom is -0.444 e. The molecule has 0 aromatic rings. The first-order valence-corrected chi connectivity index (χ1v) is 8.31. The minimum absolute atomic E-state index is 0.0235. The van der Waals surface area contributed by atoms with E-state index < -0.39 is 5.60 Å². The van der Waals surface area contributed by atoms with Gasteiger partial charge in [0.25, 0.3) is 0 Å². The van der Waals surface area contributed by atoms with E-state index in [0.29, 0.717) is 6.54 Å². The van der Waals surface area contributed by atoms with Crippen molar-refractivity contribution in [3.63, 3.8) is 0 Å². The normalized spacial score (nSPS) is 22.4. The van der Waals surface area contributed by atoms with Crippen molar-refractivity contribution >= 4 is 12.0 Å². The summed E-state index contributed by atoms with van der Waals surface area (Å²) >= 11 is 0. The van der Waals surface area contributed by atoms with Crippen LogP contribution in [0, 0.1) is 0 Å². The lowest BCUT2D eigenvalue weighted by Gasteiger charge is -2.39. The predicted octanol–water partition coefficient (Wildman–Crippen LogP) is 1.73. The van der Waals surface area contributed by atoms with Crippen molar-refractivity contribution in [2.45, 2.75) is 70.6 Å². The molecule has 1 saturated carbocycles. The fraction of sp³-hybridized carbons (Fsp3) is 0.875. The van der Waals surface area contributed by atoms with Crippen LogP contribution in [0.15, 0.2) is 0 Å². The number of likely N-dealkylation sites (tertiary alicyclic amines) is 1. The van der Waals surface area contributed by atoms with Crippen LogP contribution in [0.4, 0.5) is 4.79 Å². The van der Waals surface area contributed by atoms with Crippen LogP contribution in [-0.4, -0.2) is 59.1 Å². The molecule has 2 rings (SSSR count). The highest BCUT2D eigenvalue weighted by Crippen LogP contribution is 2.30. The Labute approximate surface area is 132 Å². The second kappa shape index (κ2) is 6.86. The Balaban J connectivity index is 2.03. The number of piperidine rings is 1. The van der Waals surface area contributed by atoms with Gasteiger partial charge in [0.2, 0.25) is 5.91 Å². The fourth-order valence-electron chi connectivity index (χ4n) is 2.94. The molecule has 0 radical (unpaired) electrons. The van der Waals surface area contributed by atoms with Crippen molar-refractivity contribution in [2.75, 3.05) is 19.6 Å². The molecule has 1 aliphatic heterocycles. The van der Waals surface area contributed by atoms with E-state index in [1.54, 1.807) is 0 Å². The molecule has 2 aliphatic rings. The zero-order chi connectivity index (χ0) is 16.3. The summed E-state index contributed by atoms with van der Waals surface area (Å²) in [4.78, 5) is 28.1. The molecule has 6 nitrogen and oxygen atoms in total. The number of hydrogen-bond acceptors (Lipinski definition) is 4. The summed E-state index contributed by atoms with van der Waals surface area (Å²) in [6, 6.07) is 0.338. The molecule has 126 valence electrons. The quantitative estimate of drug-likeness (QED) is 0.858. The Bertz CT molecular complexity index is 415. The second-order valence-corrected chi connectivity index (χ2v) is 7.30. The second-order valence-electron chi connectivity index (χ2n) is 7.30. The van der Waals surface area contributed by atoms with Gasteiger partial charge in [-0.05, 0) is 52.9 Å². The number of hydrogen-bond donors (Lipinski definition) is 1. The van der Waals surface area contributed by atoms with E-state index in [4.69, 9.17) is 10.5 Å². The van der Waals surface area contributed by atoms with Gasteiger partial charge in [-0.3, -0.25) is 4.79 Å². The van der Waals surface area contributed by atoms with E-state index in [0.717, 1.165) is 38.6 Å². The smallest absolute Gasteiger partial charge is 0.410 e. The molecule has 1 aliphatic carbocycles. The van der Waals surface area contributed by atoms with Gasteiger partial charge in [-0.15, -0.1) is 0 Å². The molecule has 22 heavy (non-hydrogen) atoms. The molecule has 0 aromatic carbocycles. The standard InChI is InChI=1S/C16H29N3O3/c1-16(2,3)22-15(21)19(12-7-8-12)11-13-6-4-5-9-18(13)14(20)10-17/h12-13H,4-11,17H2,1-3H3. The lowest BCUT2D eigenvalue weighted by molar-refractivity contribution is -0.133. The molecular formula is C16H29N3O3. The number of carbonyl (C=O) groups excluding carboxylic acids is 2. The molecule has 0 spiro atoms. The van der Waals surface area contributed by atoms with Gasteiger partial charge < -0.3 is 20.3 Å². The number of nitrogens with two attached hydrogens (primary N) is 1. The largest absolute Gasteiger partial charge is 0.444 e. The van der Waals surface area contributed by atoms with Crippen molar-refractivity contribution in [3.05, 3.63) is 0 Å². The molecular weight excluding hydrogens is 282 g/mol. The van der Waals surface area contributed by atoms with Crippen molar-refractivity contribution in [2.24, 2.45) is 5.73 Å². The summed E-state index contributed by atoms with van der Waals surface area (Å²) in [7, 11) is 0. The van der Waals surface area contributed by atoms with Crippen LogP contribution < -0.4 is 5.73 Å². The number of nitrogens with zero attached hydrogens (tertiary/aromatic N) is 2. The first-order chi connectivity index (χ1) is 10.3. The number of ether oxygens (including phenoxy) is 1. The first-order valence-electron chi connectivity index (χ1n) is 8.31. The highest BCUT2D eigenvalue weighted by Gasteiger charge is 2.38. The number of rotatable bonds is 4. The van der Waals surface area contributed by atoms with Crippen LogP contribution in [0.1, 0.15) is 52.9 Å². The molecule has 1 saturated heterocycles. The molecule has 2 fully saturated rings. The van der Waals surface area contributed by atoms with E-state index in [-0.39, 0.29) is 30.6 Å². The Morgan fingerprint density at radius 3 is 2.45 bits per heavy atom. The fourth-order valence-corrected chi connectivity index (χ4v) is 2.94.